The number of nitrogens with one attached hydrogen (secondary N) is 1. The predicted octanol–water partition coefficient (Wildman–Crippen LogP) is 4.40. The van der Waals surface area contributed by atoms with E-state index in [1.165, 1.54) is 30.0 Å². The highest BCUT2D eigenvalue weighted by atomic mass is 19.4. The van der Waals surface area contributed by atoms with E-state index in [0.29, 0.717) is 37.1 Å². The number of alkyl halides is 3. The average molecular weight is 595 g/mol. The molecule has 0 aliphatic carbocycles. The van der Waals surface area contributed by atoms with E-state index in [0.717, 1.165) is 17.0 Å². The normalized spacial score (nSPS) is 21.8. The number of oxazole rings is 1. The molecule has 0 unspecified atom stereocenters. The Kier molecular flexibility index (Phi) is 8.17. The number of ether oxygens (including phenoxy) is 1. The zero-order valence-corrected chi connectivity index (χ0v) is 23.3. The lowest BCUT2D eigenvalue weighted by Crippen LogP contribution is -2.47. The summed E-state index contributed by atoms with van der Waals surface area (Å²) in [6.07, 6.45) is -1.12. The van der Waals surface area contributed by atoms with Crippen molar-refractivity contribution in [1.82, 2.24) is 19.7 Å². The molecular weight excluding hydrogens is 563 g/mol. The summed E-state index contributed by atoms with van der Waals surface area (Å²) in [6, 6.07) is 2.71. The molecule has 226 valence electrons. The third-order valence-corrected chi connectivity index (χ3v) is 7.70. The summed E-state index contributed by atoms with van der Waals surface area (Å²) in [7, 11) is 3.30. The molecular formula is C29H31F5N4O4. The van der Waals surface area contributed by atoms with E-state index in [-0.39, 0.29) is 35.3 Å². The molecule has 5 rings (SSSR count). The van der Waals surface area contributed by atoms with Crippen LogP contribution in [-0.2, 0) is 11.2 Å². The molecule has 42 heavy (non-hydrogen) atoms. The second-order valence-electron chi connectivity index (χ2n) is 11.0. The van der Waals surface area contributed by atoms with Crippen LogP contribution in [0.15, 0.2) is 45.6 Å². The van der Waals surface area contributed by atoms with Gasteiger partial charge in [-0.2, -0.15) is 13.2 Å². The van der Waals surface area contributed by atoms with Gasteiger partial charge in [-0.3, -0.25) is 19.6 Å². The van der Waals surface area contributed by atoms with E-state index >= 15 is 8.78 Å². The van der Waals surface area contributed by atoms with Crippen molar-refractivity contribution in [3.63, 3.8) is 0 Å². The number of fused-ring (bicyclic) bond motifs is 3. The van der Waals surface area contributed by atoms with E-state index in [1.807, 2.05) is 4.90 Å². The number of aromatic nitrogens is 1. The number of likely N-dealkylation sites (tertiary alicyclic amines) is 1. The van der Waals surface area contributed by atoms with Crippen LogP contribution in [0.4, 0.5) is 22.0 Å². The summed E-state index contributed by atoms with van der Waals surface area (Å²) in [5, 5.41) is 0. The number of carbonyl (C=O) groups excluding carboxylic acids is 1. The van der Waals surface area contributed by atoms with Gasteiger partial charge in [0.25, 0.3) is 0 Å². The molecule has 2 aromatic carbocycles. The van der Waals surface area contributed by atoms with E-state index in [9.17, 15) is 22.8 Å². The molecule has 8 nitrogen and oxygen atoms in total. The quantitative estimate of drug-likeness (QED) is 0.323. The van der Waals surface area contributed by atoms with E-state index in [1.54, 1.807) is 20.2 Å². The summed E-state index contributed by atoms with van der Waals surface area (Å²) in [6.45, 7) is 1.77. The Bertz CT molecular complexity index is 1540. The SMILES string of the molecule is C[C@@H]1Cc2c(ccc3[nH]c(=O)oc23)[C@@H](c2c(F)cc(O[C@H]3CCN(C/C=C/C(=O)N(C)C)C3)cc2F)N1CC(F)(F)F. The Morgan fingerprint density at radius 3 is 2.60 bits per heavy atom. The number of rotatable bonds is 7. The van der Waals surface area contributed by atoms with Crippen molar-refractivity contribution in [1.29, 1.82) is 0 Å². The molecule has 1 saturated heterocycles. The molecule has 0 saturated carbocycles. The van der Waals surface area contributed by atoms with Gasteiger partial charge in [-0.05, 0) is 31.4 Å². The Labute approximate surface area is 238 Å². The number of nitrogens with zero attached hydrogens (tertiary/aromatic N) is 3. The molecule has 1 fully saturated rings. The second kappa shape index (κ2) is 11.5. The molecule has 1 aromatic heterocycles. The van der Waals surface area contributed by atoms with Crippen molar-refractivity contribution >= 4 is 17.0 Å². The number of likely N-dealkylation sites (N-methyl/N-ethyl adjacent to an activating group) is 1. The van der Waals surface area contributed by atoms with Crippen LogP contribution in [0.3, 0.4) is 0 Å². The second-order valence-corrected chi connectivity index (χ2v) is 11.0. The van der Waals surface area contributed by atoms with Crippen LogP contribution in [0, 0.1) is 11.6 Å². The first-order valence-corrected chi connectivity index (χ1v) is 13.5. The monoisotopic (exact) mass is 594 g/mol. The van der Waals surface area contributed by atoms with Gasteiger partial charge in [0.05, 0.1) is 18.1 Å². The summed E-state index contributed by atoms with van der Waals surface area (Å²) in [5.74, 6) is -3.03. The first-order valence-electron chi connectivity index (χ1n) is 13.5. The molecule has 1 amide bonds. The van der Waals surface area contributed by atoms with Gasteiger partial charge < -0.3 is 14.1 Å². The number of hydrogen-bond acceptors (Lipinski definition) is 6. The van der Waals surface area contributed by atoms with Gasteiger partial charge in [-0.25, -0.2) is 13.6 Å². The Morgan fingerprint density at radius 2 is 1.93 bits per heavy atom. The smallest absolute Gasteiger partial charge is 0.417 e. The van der Waals surface area contributed by atoms with Crippen LogP contribution in [0.1, 0.15) is 36.1 Å². The van der Waals surface area contributed by atoms with Gasteiger partial charge in [-0.1, -0.05) is 12.1 Å². The van der Waals surface area contributed by atoms with Crippen LogP contribution in [0.2, 0.25) is 0 Å². The maximum absolute atomic E-state index is 15.7. The number of benzene rings is 2. The summed E-state index contributed by atoms with van der Waals surface area (Å²) < 4.78 is 83.6. The lowest BCUT2D eigenvalue weighted by Gasteiger charge is -2.42. The fraction of sp³-hybridized carbons (Fsp3) is 0.448. The van der Waals surface area contributed by atoms with Crippen LogP contribution in [0.25, 0.3) is 11.1 Å². The molecule has 0 radical (unpaired) electrons. The summed E-state index contributed by atoms with van der Waals surface area (Å²) in [5.41, 5.74) is 0.623. The lowest BCUT2D eigenvalue weighted by molar-refractivity contribution is -0.155. The van der Waals surface area contributed by atoms with Crippen LogP contribution in [-0.4, -0.2) is 84.2 Å². The average Bonchev–Trinajstić information content (AvgIpc) is 3.50. The van der Waals surface area contributed by atoms with Crippen molar-refractivity contribution < 1.29 is 35.9 Å². The Hall–Kier alpha value is -3.71. The molecule has 13 heteroatoms. The first kappa shape index (κ1) is 29.8. The molecule has 3 aromatic rings. The van der Waals surface area contributed by atoms with Gasteiger partial charge in [0.15, 0.2) is 5.58 Å². The van der Waals surface area contributed by atoms with Crippen molar-refractivity contribution in [2.45, 2.75) is 44.1 Å². The van der Waals surface area contributed by atoms with Gasteiger partial charge in [0.2, 0.25) is 5.91 Å². The number of aromatic amines is 1. The standard InChI is InChI=1S/C29H31F5N4O4/c1-16-11-20-19(6-7-23-27(20)42-28(40)35-23)26(38(16)15-29(32,33)34)25-21(30)12-18(13-22(25)31)41-17-8-10-37(14-17)9-4-5-24(39)36(2)3/h4-7,12-13,16-17,26H,8-11,14-15H2,1-3H3,(H,35,40)/b5-4+/t16-,17+,26+/m1/s1. The van der Waals surface area contributed by atoms with Crippen molar-refractivity contribution in [2.24, 2.45) is 0 Å². The maximum Gasteiger partial charge on any atom is 0.417 e. The summed E-state index contributed by atoms with van der Waals surface area (Å²) >= 11 is 0. The molecule has 3 heterocycles. The number of carbonyl (C=O) groups is 1. The van der Waals surface area contributed by atoms with Gasteiger partial charge >= 0.3 is 11.9 Å². The third-order valence-electron chi connectivity index (χ3n) is 7.70. The fourth-order valence-electron chi connectivity index (χ4n) is 5.77. The zero-order chi connectivity index (χ0) is 30.3. The molecule has 0 spiro atoms. The van der Waals surface area contributed by atoms with Crippen molar-refractivity contribution in [3.8, 4) is 5.75 Å². The summed E-state index contributed by atoms with van der Waals surface area (Å²) in [4.78, 5) is 30.6. The molecule has 2 aliphatic rings. The minimum Gasteiger partial charge on any atom is -0.489 e. The third kappa shape index (κ3) is 6.21. The molecule has 0 bridgehead atoms. The maximum atomic E-state index is 15.7. The van der Waals surface area contributed by atoms with E-state index in [4.69, 9.17) is 9.15 Å². The van der Waals surface area contributed by atoms with Gasteiger partial charge in [0.1, 0.15) is 23.5 Å². The first-order chi connectivity index (χ1) is 19.8. The van der Waals surface area contributed by atoms with Crippen LogP contribution < -0.4 is 10.5 Å². The van der Waals surface area contributed by atoms with Crippen LogP contribution >= 0.6 is 0 Å². The largest absolute Gasteiger partial charge is 0.489 e. The highest BCUT2D eigenvalue weighted by Gasteiger charge is 2.43. The highest BCUT2D eigenvalue weighted by Crippen LogP contribution is 2.44. The Morgan fingerprint density at radius 1 is 1.21 bits per heavy atom. The van der Waals surface area contributed by atoms with Crippen LogP contribution in [0.5, 0.6) is 5.75 Å². The minimum absolute atomic E-state index is 0.0718. The molecule has 1 N–H and O–H groups in total. The van der Waals surface area contributed by atoms with E-state index in [2.05, 4.69) is 4.98 Å². The van der Waals surface area contributed by atoms with Gasteiger partial charge in [0, 0.05) is 69.1 Å². The predicted molar refractivity (Wildman–Crippen MR) is 144 cm³/mol. The number of amides is 1. The number of hydrogen-bond donors (Lipinski definition) is 1. The fourth-order valence-corrected chi connectivity index (χ4v) is 5.77. The van der Waals surface area contributed by atoms with E-state index < -0.39 is 47.8 Å². The zero-order valence-electron chi connectivity index (χ0n) is 23.3. The van der Waals surface area contributed by atoms with Gasteiger partial charge in [-0.15, -0.1) is 0 Å². The molecule has 2 aliphatic heterocycles. The molecule has 3 atom stereocenters. The Balaban J connectivity index is 1.42. The van der Waals surface area contributed by atoms with Crippen molar-refractivity contribution in [3.05, 3.63) is 75.3 Å². The number of halogens is 5. The lowest BCUT2D eigenvalue weighted by atomic mass is 9.84. The number of H-pyrrole nitrogens is 1. The minimum atomic E-state index is -4.63. The highest BCUT2D eigenvalue weighted by molar-refractivity contribution is 5.87. The topological polar surface area (TPSA) is 82.0 Å². The van der Waals surface area contributed by atoms with Crippen molar-refractivity contribution in [2.75, 3.05) is 40.3 Å².